The van der Waals surface area contributed by atoms with E-state index >= 15 is 0 Å². The van der Waals surface area contributed by atoms with Crippen molar-refractivity contribution >= 4 is 5.91 Å². The van der Waals surface area contributed by atoms with Crippen LogP contribution in [0.2, 0.25) is 0 Å². The maximum atomic E-state index is 11.2. The van der Waals surface area contributed by atoms with E-state index in [4.69, 9.17) is 4.74 Å². The van der Waals surface area contributed by atoms with E-state index < -0.39 is 0 Å². The second-order valence-electron chi connectivity index (χ2n) is 4.42. The van der Waals surface area contributed by atoms with Crippen LogP contribution in [0.15, 0.2) is 0 Å². The molecule has 1 unspecified atom stereocenters. The molecule has 0 spiro atoms. The largest absolute Gasteiger partial charge is 0.379 e. The van der Waals surface area contributed by atoms with Crippen LogP contribution >= 0.6 is 0 Å². The predicted octanol–water partition coefficient (Wildman–Crippen LogP) is 0.383. The summed E-state index contributed by atoms with van der Waals surface area (Å²) >= 11 is 0. The van der Waals surface area contributed by atoms with Crippen LogP contribution in [-0.4, -0.2) is 39.3 Å². The van der Waals surface area contributed by atoms with Gasteiger partial charge in [0.1, 0.15) is 0 Å². The summed E-state index contributed by atoms with van der Waals surface area (Å²) in [6.07, 6.45) is 0.0447. The minimum Gasteiger partial charge on any atom is -0.379 e. The van der Waals surface area contributed by atoms with Gasteiger partial charge in [0.05, 0.1) is 12.6 Å². The summed E-state index contributed by atoms with van der Waals surface area (Å²) < 4.78 is 5.31. The highest BCUT2D eigenvalue weighted by Gasteiger charge is 2.24. The first kappa shape index (κ1) is 13.4. The number of carbonyl (C=O) groups excluding carboxylic acids is 1. The Kier molecular flexibility index (Phi) is 5.72. The van der Waals surface area contributed by atoms with Crippen molar-refractivity contribution in [3.63, 3.8) is 0 Å². The van der Waals surface area contributed by atoms with E-state index in [0.717, 1.165) is 0 Å². The van der Waals surface area contributed by atoms with Gasteiger partial charge in [-0.1, -0.05) is 20.8 Å². The molecule has 0 aliphatic carbocycles. The third kappa shape index (κ3) is 5.19. The second-order valence-corrected chi connectivity index (χ2v) is 4.42. The summed E-state index contributed by atoms with van der Waals surface area (Å²) in [6.45, 7) is 7.17. The Morgan fingerprint density at radius 2 is 2.00 bits per heavy atom. The molecule has 0 heterocycles. The normalized spacial score (nSPS) is 13.8. The average molecular weight is 202 g/mol. The van der Waals surface area contributed by atoms with E-state index in [1.54, 1.807) is 14.2 Å². The van der Waals surface area contributed by atoms with E-state index in [1.165, 1.54) is 0 Å². The first-order valence-electron chi connectivity index (χ1n) is 4.86. The van der Waals surface area contributed by atoms with Gasteiger partial charge in [-0.2, -0.15) is 0 Å². The molecule has 84 valence electrons. The highest BCUT2D eigenvalue weighted by molar-refractivity contribution is 5.77. The molecular weight excluding hydrogens is 180 g/mol. The molecule has 0 aliphatic rings. The van der Waals surface area contributed by atoms with Gasteiger partial charge in [0, 0.05) is 13.7 Å². The number of methoxy groups -OCH3 is 1. The van der Waals surface area contributed by atoms with Gasteiger partial charge < -0.3 is 15.4 Å². The number of ether oxygens (including phenoxy) is 1. The highest BCUT2D eigenvalue weighted by atomic mass is 16.5. The molecular formula is C10H22N2O2. The smallest absolute Gasteiger partial charge is 0.234 e. The van der Waals surface area contributed by atoms with Crippen LogP contribution in [0.5, 0.6) is 0 Å². The molecule has 0 bridgehead atoms. The quantitative estimate of drug-likeness (QED) is 0.678. The molecule has 1 atom stereocenters. The zero-order chi connectivity index (χ0) is 11.2. The van der Waals surface area contributed by atoms with Crippen LogP contribution in [0.4, 0.5) is 0 Å². The van der Waals surface area contributed by atoms with Crippen LogP contribution in [-0.2, 0) is 9.53 Å². The first-order chi connectivity index (χ1) is 6.41. The van der Waals surface area contributed by atoms with Gasteiger partial charge in [-0.15, -0.1) is 0 Å². The molecule has 0 saturated heterocycles. The summed E-state index contributed by atoms with van der Waals surface area (Å²) in [6, 6.07) is 0. The lowest BCUT2D eigenvalue weighted by Crippen LogP contribution is -2.42. The summed E-state index contributed by atoms with van der Waals surface area (Å²) in [7, 11) is 3.41. The topological polar surface area (TPSA) is 50.4 Å². The average Bonchev–Trinajstić information content (AvgIpc) is 2.03. The minimum atomic E-state index is -0.00111. The molecule has 4 heteroatoms. The van der Waals surface area contributed by atoms with Crippen molar-refractivity contribution in [2.45, 2.75) is 26.9 Å². The molecule has 2 N–H and O–H groups in total. The van der Waals surface area contributed by atoms with Crippen LogP contribution in [0.25, 0.3) is 0 Å². The van der Waals surface area contributed by atoms with E-state index in [2.05, 4.69) is 31.4 Å². The number of rotatable bonds is 5. The van der Waals surface area contributed by atoms with Crippen LogP contribution in [0, 0.1) is 5.41 Å². The maximum Gasteiger partial charge on any atom is 0.234 e. The van der Waals surface area contributed by atoms with Crippen LogP contribution in [0.3, 0.4) is 0 Å². The number of hydrogen-bond donors (Lipinski definition) is 2. The fourth-order valence-corrected chi connectivity index (χ4v) is 1.17. The Bertz CT molecular complexity index is 175. The number of nitrogens with one attached hydrogen (secondary N) is 2. The lowest BCUT2D eigenvalue weighted by molar-refractivity contribution is -0.121. The van der Waals surface area contributed by atoms with Gasteiger partial charge in [0.25, 0.3) is 0 Å². The Balaban J connectivity index is 3.91. The van der Waals surface area contributed by atoms with Gasteiger partial charge in [-0.25, -0.2) is 0 Å². The van der Waals surface area contributed by atoms with E-state index in [-0.39, 0.29) is 17.4 Å². The van der Waals surface area contributed by atoms with Crippen molar-refractivity contribution in [3.05, 3.63) is 0 Å². The number of hydrogen-bond acceptors (Lipinski definition) is 3. The Morgan fingerprint density at radius 3 is 2.36 bits per heavy atom. The van der Waals surface area contributed by atoms with Crippen molar-refractivity contribution in [1.29, 1.82) is 0 Å². The first-order valence-corrected chi connectivity index (χ1v) is 4.86. The Morgan fingerprint density at radius 1 is 1.43 bits per heavy atom. The lowest BCUT2D eigenvalue weighted by Gasteiger charge is -2.29. The molecule has 0 fully saturated rings. The van der Waals surface area contributed by atoms with E-state index in [1.807, 2.05) is 0 Å². The van der Waals surface area contributed by atoms with Crippen molar-refractivity contribution in [1.82, 2.24) is 10.6 Å². The number of amides is 1. The van der Waals surface area contributed by atoms with E-state index in [0.29, 0.717) is 13.1 Å². The van der Waals surface area contributed by atoms with Gasteiger partial charge in [-0.05, 0) is 12.5 Å². The third-order valence-corrected chi connectivity index (χ3v) is 2.07. The third-order valence-electron chi connectivity index (χ3n) is 2.07. The number of likely N-dealkylation sites (N-methyl/N-ethyl adjacent to an activating group) is 1. The molecule has 0 saturated carbocycles. The monoisotopic (exact) mass is 202 g/mol. The minimum absolute atomic E-state index is 0.00111. The molecule has 0 rings (SSSR count). The molecule has 0 aromatic rings. The number of carbonyl (C=O) groups is 1. The standard InChI is InChI=1S/C10H22N2O2/c1-10(2,3)8(14-5)6-12-9(13)7-11-4/h8,11H,6-7H2,1-5H3,(H,12,13). The zero-order valence-corrected chi connectivity index (χ0v) is 9.81. The predicted molar refractivity (Wildman–Crippen MR) is 57.2 cm³/mol. The fourth-order valence-electron chi connectivity index (χ4n) is 1.17. The fraction of sp³-hybridized carbons (Fsp3) is 0.900. The van der Waals surface area contributed by atoms with E-state index in [9.17, 15) is 4.79 Å². The highest BCUT2D eigenvalue weighted by Crippen LogP contribution is 2.20. The molecule has 4 nitrogen and oxygen atoms in total. The van der Waals surface area contributed by atoms with Crippen molar-refractivity contribution in [2.24, 2.45) is 5.41 Å². The maximum absolute atomic E-state index is 11.2. The molecule has 14 heavy (non-hydrogen) atoms. The Hall–Kier alpha value is -0.610. The summed E-state index contributed by atoms with van der Waals surface area (Å²) in [5, 5.41) is 5.61. The molecule has 0 aliphatic heterocycles. The van der Waals surface area contributed by atoms with Crippen LogP contribution < -0.4 is 10.6 Å². The molecule has 0 radical (unpaired) electrons. The van der Waals surface area contributed by atoms with Gasteiger partial charge in [-0.3, -0.25) is 4.79 Å². The van der Waals surface area contributed by atoms with Gasteiger partial charge in [0.2, 0.25) is 5.91 Å². The van der Waals surface area contributed by atoms with Crippen molar-refractivity contribution in [3.8, 4) is 0 Å². The lowest BCUT2D eigenvalue weighted by atomic mass is 9.89. The molecule has 1 amide bonds. The summed E-state index contributed by atoms with van der Waals surface area (Å²) in [4.78, 5) is 11.2. The zero-order valence-electron chi connectivity index (χ0n) is 9.81. The van der Waals surface area contributed by atoms with Crippen molar-refractivity contribution < 1.29 is 9.53 Å². The Labute approximate surface area is 86.4 Å². The molecule has 0 aromatic carbocycles. The SMILES string of the molecule is CNCC(=O)NCC(OC)C(C)(C)C. The van der Waals surface area contributed by atoms with Gasteiger partial charge >= 0.3 is 0 Å². The molecule has 0 aromatic heterocycles. The second kappa shape index (κ2) is 5.98. The van der Waals surface area contributed by atoms with Crippen LogP contribution in [0.1, 0.15) is 20.8 Å². The van der Waals surface area contributed by atoms with Crippen molar-refractivity contribution in [2.75, 3.05) is 27.2 Å². The summed E-state index contributed by atoms with van der Waals surface area (Å²) in [5.41, 5.74) is 0.0433. The summed E-state index contributed by atoms with van der Waals surface area (Å²) in [5.74, 6) is -0.00111. The van der Waals surface area contributed by atoms with Gasteiger partial charge in [0.15, 0.2) is 0 Å².